The van der Waals surface area contributed by atoms with E-state index in [2.05, 4.69) is 25.9 Å². The molecule has 0 radical (unpaired) electrons. The van der Waals surface area contributed by atoms with Gasteiger partial charge in [-0.05, 0) is 42.8 Å². The van der Waals surface area contributed by atoms with Crippen molar-refractivity contribution in [3.8, 4) is 5.88 Å². The zero-order chi connectivity index (χ0) is 19.3. The van der Waals surface area contributed by atoms with Crippen LogP contribution in [-0.4, -0.2) is 29.8 Å². The van der Waals surface area contributed by atoms with Gasteiger partial charge < -0.3 is 9.64 Å². The minimum absolute atomic E-state index is 0.0309. The Hall–Kier alpha value is -2.02. The van der Waals surface area contributed by atoms with Gasteiger partial charge in [0.1, 0.15) is 6.10 Å². The average Bonchev–Trinajstić information content (AvgIpc) is 2.62. The van der Waals surface area contributed by atoms with E-state index in [1.165, 1.54) is 6.07 Å². The first-order valence-electron chi connectivity index (χ1n) is 8.28. The number of pyridine rings is 1. The van der Waals surface area contributed by atoms with E-state index >= 15 is 0 Å². The number of aliphatic imine (C=N–C) groups is 1. The van der Waals surface area contributed by atoms with Crippen LogP contribution in [0, 0.1) is 6.92 Å². The lowest BCUT2D eigenvalue weighted by Crippen LogP contribution is -2.14. The number of rotatable bonds is 7. The lowest BCUT2D eigenvalue weighted by atomic mass is 10.0. The van der Waals surface area contributed by atoms with Crippen molar-refractivity contribution in [2.24, 2.45) is 4.99 Å². The van der Waals surface area contributed by atoms with Gasteiger partial charge in [0.05, 0.1) is 22.2 Å². The summed E-state index contributed by atoms with van der Waals surface area (Å²) in [7, 11) is 1.93. The van der Waals surface area contributed by atoms with Gasteiger partial charge in [-0.1, -0.05) is 24.3 Å². The lowest BCUT2D eigenvalue weighted by molar-refractivity contribution is 0.143. The summed E-state index contributed by atoms with van der Waals surface area (Å²) in [6.45, 7) is 6.44. The van der Waals surface area contributed by atoms with Gasteiger partial charge >= 0.3 is 0 Å². The molecule has 1 aromatic carbocycles. The molecule has 1 aromatic heterocycles. The van der Waals surface area contributed by atoms with Gasteiger partial charge in [0, 0.05) is 24.7 Å². The number of halogens is 3. The van der Waals surface area contributed by atoms with Crippen LogP contribution in [0.3, 0.4) is 0 Å². The second kappa shape index (κ2) is 9.07. The number of alkyl halides is 2. The van der Waals surface area contributed by atoms with Crippen LogP contribution in [0.4, 0.5) is 14.5 Å². The molecule has 0 aliphatic rings. The zero-order valence-electron chi connectivity index (χ0n) is 15.2. The lowest BCUT2D eigenvalue weighted by Gasteiger charge is -2.19. The van der Waals surface area contributed by atoms with Crippen molar-refractivity contribution in [2.75, 3.05) is 13.6 Å². The molecule has 0 fully saturated rings. The predicted octanol–water partition coefficient (Wildman–Crippen LogP) is 5.84. The number of hydrogen-bond acceptors (Lipinski definition) is 3. The molecule has 1 unspecified atom stereocenters. The van der Waals surface area contributed by atoms with Crippen molar-refractivity contribution in [1.29, 1.82) is 0 Å². The molecule has 0 amide bonds. The Kier molecular flexibility index (Phi) is 7.08. The summed E-state index contributed by atoms with van der Waals surface area (Å²) in [6, 6.07) is 8.18. The Morgan fingerprint density at radius 1 is 1.31 bits per heavy atom. The zero-order valence-corrected chi connectivity index (χ0v) is 16.8. The minimum atomic E-state index is -2.55. The molecule has 26 heavy (non-hydrogen) atoms. The van der Waals surface area contributed by atoms with Crippen molar-refractivity contribution in [3.05, 3.63) is 51.6 Å². The second-order valence-electron chi connectivity index (χ2n) is 5.89. The molecule has 140 valence electrons. The topological polar surface area (TPSA) is 37.7 Å². The number of aromatic nitrogens is 1. The van der Waals surface area contributed by atoms with Crippen molar-refractivity contribution >= 4 is 28.0 Å². The van der Waals surface area contributed by atoms with Crippen LogP contribution in [0.5, 0.6) is 5.88 Å². The third kappa shape index (κ3) is 5.00. The molecule has 0 aliphatic heterocycles. The molecule has 0 N–H and O–H groups in total. The molecule has 1 heterocycles. The quantitative estimate of drug-likeness (QED) is 0.412. The molecule has 2 aromatic rings. The monoisotopic (exact) mass is 425 g/mol. The normalized spacial score (nSPS) is 12.6. The first kappa shape index (κ1) is 20.3. The van der Waals surface area contributed by atoms with E-state index in [0.717, 1.165) is 6.54 Å². The average molecular weight is 426 g/mol. The van der Waals surface area contributed by atoms with Crippen molar-refractivity contribution in [1.82, 2.24) is 9.88 Å². The van der Waals surface area contributed by atoms with Gasteiger partial charge in [-0.25, -0.2) is 18.8 Å². The molecule has 1 atom stereocenters. The van der Waals surface area contributed by atoms with Gasteiger partial charge in [-0.2, -0.15) is 0 Å². The fourth-order valence-electron chi connectivity index (χ4n) is 2.32. The molecule has 0 saturated carbocycles. The maximum atomic E-state index is 13.2. The number of hydrogen-bond donors (Lipinski definition) is 0. The van der Waals surface area contributed by atoms with Crippen molar-refractivity contribution < 1.29 is 13.5 Å². The highest BCUT2D eigenvalue weighted by atomic mass is 79.9. The van der Waals surface area contributed by atoms with E-state index in [0.29, 0.717) is 27.3 Å². The molecular formula is C19H22BrF2N3O. The number of ether oxygens (including phenoxy) is 1. The van der Waals surface area contributed by atoms with Crippen LogP contribution in [0.2, 0.25) is 0 Å². The van der Waals surface area contributed by atoms with Gasteiger partial charge in [0.25, 0.3) is 6.43 Å². The van der Waals surface area contributed by atoms with Crippen LogP contribution >= 0.6 is 15.9 Å². The van der Waals surface area contributed by atoms with E-state index in [9.17, 15) is 8.78 Å². The fraction of sp³-hybridized carbons (Fsp3) is 0.368. The highest BCUT2D eigenvalue weighted by Crippen LogP contribution is 2.34. The Balaban J connectivity index is 2.25. The number of nitrogens with zero attached hydrogens (tertiary/aromatic N) is 3. The molecule has 0 saturated heterocycles. The molecule has 7 heteroatoms. The minimum Gasteiger partial charge on any atom is -0.469 e. The van der Waals surface area contributed by atoms with Crippen LogP contribution in [0.15, 0.2) is 39.8 Å². The maximum absolute atomic E-state index is 13.2. The summed E-state index contributed by atoms with van der Waals surface area (Å²) < 4.78 is 32.9. The predicted molar refractivity (Wildman–Crippen MR) is 104 cm³/mol. The summed E-state index contributed by atoms with van der Waals surface area (Å²) >= 11 is 3.43. The largest absolute Gasteiger partial charge is 0.469 e. The number of aryl methyl sites for hydroxylation is 1. The van der Waals surface area contributed by atoms with Crippen LogP contribution in [-0.2, 0) is 0 Å². The van der Waals surface area contributed by atoms with Crippen LogP contribution in [0.25, 0.3) is 0 Å². The summed E-state index contributed by atoms with van der Waals surface area (Å²) in [5.74, 6) is 0.349. The van der Waals surface area contributed by atoms with Gasteiger partial charge in [0.15, 0.2) is 0 Å². The Morgan fingerprint density at radius 2 is 1.96 bits per heavy atom. The van der Waals surface area contributed by atoms with Gasteiger partial charge in [-0.3, -0.25) is 0 Å². The molecule has 4 nitrogen and oxygen atoms in total. The Bertz CT molecular complexity index is 783. The summed E-state index contributed by atoms with van der Waals surface area (Å²) in [4.78, 5) is 10.8. The first-order valence-corrected chi connectivity index (χ1v) is 9.08. The van der Waals surface area contributed by atoms with Gasteiger partial charge in [-0.15, -0.1) is 0 Å². The third-order valence-corrected chi connectivity index (χ3v) is 4.53. The Labute approximate surface area is 161 Å². The molecule has 0 spiro atoms. The third-order valence-electron chi connectivity index (χ3n) is 3.96. The van der Waals surface area contributed by atoms with E-state index in [4.69, 9.17) is 4.74 Å². The van der Waals surface area contributed by atoms with E-state index in [1.807, 2.05) is 31.9 Å². The molecule has 0 aliphatic carbocycles. The molecule has 2 rings (SSSR count). The smallest absolute Gasteiger partial charge is 0.264 e. The SMILES string of the molecule is CCN(C)C=Nc1cc(Br)c(OC(C)c2ccccc2C(F)F)nc1C. The van der Waals surface area contributed by atoms with E-state index in [1.54, 1.807) is 31.5 Å². The standard InChI is InChI=1S/C19H22BrF2N3O/c1-5-25(4)11-23-17-10-16(20)19(24-12(17)2)26-13(3)14-8-6-7-9-15(14)18(21)22/h6-11,13,18H,5H2,1-4H3. The first-order chi connectivity index (χ1) is 12.3. The fourth-order valence-corrected chi connectivity index (χ4v) is 2.71. The highest BCUT2D eigenvalue weighted by Gasteiger charge is 2.19. The summed E-state index contributed by atoms with van der Waals surface area (Å²) in [6.07, 6.45) is -1.38. The van der Waals surface area contributed by atoms with Crippen molar-refractivity contribution in [2.45, 2.75) is 33.3 Å². The van der Waals surface area contributed by atoms with Crippen molar-refractivity contribution in [3.63, 3.8) is 0 Å². The number of benzene rings is 1. The van der Waals surface area contributed by atoms with Gasteiger partial charge in [0.2, 0.25) is 5.88 Å². The Morgan fingerprint density at radius 3 is 2.58 bits per heavy atom. The second-order valence-corrected chi connectivity index (χ2v) is 6.74. The highest BCUT2D eigenvalue weighted by molar-refractivity contribution is 9.10. The van der Waals surface area contributed by atoms with Crippen LogP contribution < -0.4 is 4.74 Å². The molecule has 0 bridgehead atoms. The van der Waals surface area contributed by atoms with Crippen LogP contribution in [0.1, 0.15) is 43.2 Å². The summed E-state index contributed by atoms with van der Waals surface area (Å²) in [5.41, 5.74) is 1.82. The van der Waals surface area contributed by atoms with E-state index in [-0.39, 0.29) is 5.56 Å². The maximum Gasteiger partial charge on any atom is 0.264 e. The van der Waals surface area contributed by atoms with E-state index < -0.39 is 12.5 Å². The molecular weight excluding hydrogens is 404 g/mol. The summed E-state index contributed by atoms with van der Waals surface area (Å²) in [5, 5.41) is 0.